The van der Waals surface area contributed by atoms with E-state index < -0.39 is 0 Å². The van der Waals surface area contributed by atoms with Crippen LogP contribution >= 0.6 is 12.4 Å². The molecule has 4 nitrogen and oxygen atoms in total. The summed E-state index contributed by atoms with van der Waals surface area (Å²) in [5.74, 6) is 2.80. The summed E-state index contributed by atoms with van der Waals surface area (Å²) in [7, 11) is 2.14. The molecule has 4 fully saturated rings. The number of nitrogens with one attached hydrogen (secondary N) is 2. The van der Waals surface area contributed by atoms with Gasteiger partial charge in [-0.2, -0.15) is 0 Å². The van der Waals surface area contributed by atoms with Gasteiger partial charge in [0.15, 0.2) is 0 Å². The number of likely N-dealkylation sites (N-methyl/N-ethyl adjacent to an activating group) is 1. The molecule has 2 heterocycles. The third kappa shape index (κ3) is 3.76. The summed E-state index contributed by atoms with van der Waals surface area (Å²) >= 11 is 0. The van der Waals surface area contributed by atoms with Crippen molar-refractivity contribution in [2.24, 2.45) is 17.8 Å². The predicted molar refractivity (Wildman–Crippen MR) is 99.4 cm³/mol. The average Bonchev–Trinajstić information content (AvgIpc) is 3.22. The van der Waals surface area contributed by atoms with E-state index >= 15 is 0 Å². The number of fused-ring (bicyclic) bond motifs is 4. The number of piperidine rings is 1. The number of hydrogen-bond acceptors (Lipinski definition) is 3. The lowest BCUT2D eigenvalue weighted by Crippen LogP contribution is -2.50. The normalized spacial score (nSPS) is 41.3. The molecule has 2 saturated carbocycles. The Bertz CT molecular complexity index is 448. The van der Waals surface area contributed by atoms with Crippen molar-refractivity contribution in [2.75, 3.05) is 13.6 Å². The largest absolute Gasteiger partial charge is 0.352 e. The number of rotatable bonds is 5. The molecule has 6 unspecified atom stereocenters. The first-order chi connectivity index (χ1) is 11.1. The van der Waals surface area contributed by atoms with Crippen molar-refractivity contribution in [3.63, 3.8) is 0 Å². The molecule has 4 bridgehead atoms. The number of carbonyl (C=O) groups excluding carboxylic acids is 1. The van der Waals surface area contributed by atoms with Crippen LogP contribution < -0.4 is 10.6 Å². The molecule has 2 saturated heterocycles. The smallest absolute Gasteiger partial charge is 0.234 e. The summed E-state index contributed by atoms with van der Waals surface area (Å²) < 4.78 is 0. The van der Waals surface area contributed by atoms with Gasteiger partial charge < -0.3 is 10.6 Å². The van der Waals surface area contributed by atoms with Gasteiger partial charge in [-0.1, -0.05) is 6.42 Å². The Morgan fingerprint density at radius 2 is 1.83 bits per heavy atom. The van der Waals surface area contributed by atoms with E-state index in [0.717, 1.165) is 17.8 Å². The van der Waals surface area contributed by atoms with Gasteiger partial charge in [-0.15, -0.1) is 12.4 Å². The number of nitrogens with zero attached hydrogens (tertiary/aromatic N) is 1. The van der Waals surface area contributed by atoms with Crippen molar-refractivity contribution < 1.29 is 4.79 Å². The SMILES string of the molecule is CC(NC(=O)CN(C)C1CC2CCC(C1)N2)C1CC2CCC1C2.Cl. The molecule has 2 N–H and O–H groups in total. The Balaban J connectivity index is 0.00000169. The maximum atomic E-state index is 12.5. The van der Waals surface area contributed by atoms with Gasteiger partial charge in [0, 0.05) is 24.2 Å². The third-order valence-electron chi connectivity index (χ3n) is 7.29. The van der Waals surface area contributed by atoms with Crippen molar-refractivity contribution in [3.05, 3.63) is 0 Å². The van der Waals surface area contributed by atoms with Gasteiger partial charge in [0.05, 0.1) is 6.54 Å². The Hall–Kier alpha value is -0.320. The maximum Gasteiger partial charge on any atom is 0.234 e. The highest BCUT2D eigenvalue weighted by molar-refractivity contribution is 5.85. The zero-order chi connectivity index (χ0) is 16.0. The fraction of sp³-hybridized carbons (Fsp3) is 0.947. The van der Waals surface area contributed by atoms with Crippen LogP contribution in [0.25, 0.3) is 0 Å². The van der Waals surface area contributed by atoms with Crippen LogP contribution in [0.1, 0.15) is 58.3 Å². The Morgan fingerprint density at radius 1 is 1.12 bits per heavy atom. The van der Waals surface area contributed by atoms with Crippen molar-refractivity contribution >= 4 is 18.3 Å². The van der Waals surface area contributed by atoms with E-state index in [1.807, 2.05) is 0 Å². The van der Waals surface area contributed by atoms with Gasteiger partial charge in [-0.3, -0.25) is 9.69 Å². The minimum absolute atomic E-state index is 0. The fourth-order valence-electron chi connectivity index (χ4n) is 6.06. The summed E-state index contributed by atoms with van der Waals surface area (Å²) in [6.45, 7) is 2.79. The van der Waals surface area contributed by atoms with Crippen LogP contribution in [0.2, 0.25) is 0 Å². The zero-order valence-electron chi connectivity index (χ0n) is 15.2. The monoisotopic (exact) mass is 355 g/mol. The molecule has 0 aromatic carbocycles. The molecule has 0 aromatic heterocycles. The highest BCUT2D eigenvalue weighted by Gasteiger charge is 2.42. The molecule has 2 aliphatic carbocycles. The van der Waals surface area contributed by atoms with E-state index in [4.69, 9.17) is 0 Å². The van der Waals surface area contributed by atoms with Gasteiger partial charge in [0.25, 0.3) is 0 Å². The van der Waals surface area contributed by atoms with Crippen molar-refractivity contribution in [3.8, 4) is 0 Å². The minimum Gasteiger partial charge on any atom is -0.352 e. The fourth-order valence-corrected chi connectivity index (χ4v) is 6.06. The first-order valence-corrected chi connectivity index (χ1v) is 9.84. The van der Waals surface area contributed by atoms with Gasteiger partial charge in [0.2, 0.25) is 5.91 Å². The van der Waals surface area contributed by atoms with Crippen LogP contribution in [-0.2, 0) is 4.79 Å². The number of hydrogen-bond donors (Lipinski definition) is 2. The Labute approximate surface area is 152 Å². The van der Waals surface area contributed by atoms with Gasteiger partial charge in [-0.05, 0) is 76.7 Å². The molecule has 2 aliphatic heterocycles. The van der Waals surface area contributed by atoms with Crippen LogP contribution in [0.3, 0.4) is 0 Å². The molecule has 0 aromatic rings. The van der Waals surface area contributed by atoms with Gasteiger partial charge >= 0.3 is 0 Å². The third-order valence-corrected chi connectivity index (χ3v) is 7.29. The first-order valence-electron chi connectivity index (χ1n) is 9.84. The van der Waals surface area contributed by atoms with Gasteiger partial charge in [-0.25, -0.2) is 0 Å². The number of carbonyl (C=O) groups is 1. The topological polar surface area (TPSA) is 44.4 Å². The Kier molecular flexibility index (Phi) is 5.78. The molecular weight excluding hydrogens is 322 g/mol. The summed E-state index contributed by atoms with van der Waals surface area (Å²) in [5, 5.41) is 7.00. The van der Waals surface area contributed by atoms with E-state index in [0.29, 0.717) is 30.7 Å². The van der Waals surface area contributed by atoms with Crippen LogP contribution in [-0.4, -0.2) is 48.6 Å². The Morgan fingerprint density at radius 3 is 2.42 bits per heavy atom. The van der Waals surface area contributed by atoms with Crippen LogP contribution in [0.5, 0.6) is 0 Å². The van der Waals surface area contributed by atoms with E-state index in [2.05, 4.69) is 29.5 Å². The number of amides is 1. The van der Waals surface area contributed by atoms with Crippen molar-refractivity contribution in [1.29, 1.82) is 0 Å². The highest BCUT2D eigenvalue weighted by Crippen LogP contribution is 2.49. The van der Waals surface area contributed by atoms with Crippen LogP contribution in [0.4, 0.5) is 0 Å². The first kappa shape index (κ1) is 18.5. The van der Waals surface area contributed by atoms with Crippen LogP contribution in [0, 0.1) is 17.8 Å². The molecule has 24 heavy (non-hydrogen) atoms. The van der Waals surface area contributed by atoms with E-state index in [-0.39, 0.29) is 18.3 Å². The summed E-state index contributed by atoms with van der Waals surface area (Å²) in [6.07, 6.45) is 10.7. The lowest BCUT2D eigenvalue weighted by Gasteiger charge is -2.35. The lowest BCUT2D eigenvalue weighted by atomic mass is 9.84. The molecule has 5 heteroatoms. The molecule has 6 atom stereocenters. The second kappa shape index (κ2) is 7.51. The molecule has 0 radical (unpaired) electrons. The summed E-state index contributed by atoms with van der Waals surface area (Å²) in [4.78, 5) is 14.8. The van der Waals surface area contributed by atoms with E-state index in [1.54, 1.807) is 0 Å². The molecule has 4 rings (SSSR count). The van der Waals surface area contributed by atoms with Gasteiger partial charge in [0.1, 0.15) is 0 Å². The second-order valence-corrected chi connectivity index (χ2v) is 8.87. The highest BCUT2D eigenvalue weighted by atomic mass is 35.5. The van der Waals surface area contributed by atoms with Crippen molar-refractivity contribution in [2.45, 2.75) is 82.5 Å². The van der Waals surface area contributed by atoms with E-state index in [9.17, 15) is 4.79 Å². The molecule has 0 spiro atoms. The average molecular weight is 356 g/mol. The quantitative estimate of drug-likeness (QED) is 0.796. The lowest BCUT2D eigenvalue weighted by molar-refractivity contribution is -0.123. The minimum atomic E-state index is 0. The molecule has 1 amide bonds. The van der Waals surface area contributed by atoms with Crippen LogP contribution in [0.15, 0.2) is 0 Å². The summed E-state index contributed by atoms with van der Waals surface area (Å²) in [6, 6.07) is 2.32. The second-order valence-electron chi connectivity index (χ2n) is 8.87. The molecule has 138 valence electrons. The molecule has 4 aliphatic rings. The summed E-state index contributed by atoms with van der Waals surface area (Å²) in [5.41, 5.74) is 0. The zero-order valence-corrected chi connectivity index (χ0v) is 16.0. The standard InChI is InChI=1S/C19H33N3O.ClH/c1-12(18-8-13-3-4-14(18)7-13)20-19(23)11-22(2)17-9-15-5-6-16(10-17)21-15;/h12-18,21H,3-11H2,1-2H3,(H,20,23);1H. The van der Waals surface area contributed by atoms with E-state index in [1.165, 1.54) is 51.4 Å². The molecular formula is C19H34ClN3O. The maximum absolute atomic E-state index is 12.5. The predicted octanol–water partition coefficient (Wildman–Crippen LogP) is 2.56. The van der Waals surface area contributed by atoms with Crippen molar-refractivity contribution in [1.82, 2.24) is 15.5 Å². The number of halogens is 1.